The van der Waals surface area contributed by atoms with Crippen LogP contribution in [0.2, 0.25) is 0 Å². The molecule has 0 aliphatic heterocycles. The van der Waals surface area contributed by atoms with Crippen LogP contribution in [-0.2, 0) is 6.54 Å². The average Bonchev–Trinajstić information content (AvgIpc) is 2.50. The summed E-state index contributed by atoms with van der Waals surface area (Å²) in [4.78, 5) is 12.2. The summed E-state index contributed by atoms with van der Waals surface area (Å²) in [6, 6.07) is 9.17. The number of carbonyl (C=O) groups excluding carboxylic acids is 1. The van der Waals surface area contributed by atoms with Crippen molar-refractivity contribution >= 4 is 11.6 Å². The van der Waals surface area contributed by atoms with Crippen LogP contribution in [0.4, 0.5) is 14.5 Å². The average molecular weight is 304 g/mol. The van der Waals surface area contributed by atoms with Gasteiger partial charge in [-0.15, -0.1) is 0 Å². The molecule has 22 heavy (non-hydrogen) atoms. The van der Waals surface area contributed by atoms with Gasteiger partial charge < -0.3 is 10.6 Å². The Balaban J connectivity index is 2.24. The van der Waals surface area contributed by atoms with Crippen LogP contribution in [0.1, 0.15) is 28.4 Å². The normalized spacial score (nSPS) is 10.5. The largest absolute Gasteiger partial charge is 0.322 e. The third kappa shape index (κ3) is 3.68. The molecule has 0 heterocycles. The zero-order valence-corrected chi connectivity index (χ0v) is 12.5. The second-order valence-electron chi connectivity index (χ2n) is 4.97. The maximum atomic E-state index is 13.8. The minimum atomic E-state index is -0.736. The first kappa shape index (κ1) is 16.1. The molecular weight excluding hydrogens is 286 g/mol. The first-order valence-corrected chi connectivity index (χ1v) is 7.08. The van der Waals surface area contributed by atoms with E-state index in [1.165, 1.54) is 6.92 Å². The Morgan fingerprint density at radius 3 is 2.59 bits per heavy atom. The zero-order valence-electron chi connectivity index (χ0n) is 12.5. The van der Waals surface area contributed by atoms with Crippen LogP contribution in [0, 0.1) is 18.6 Å². The lowest BCUT2D eigenvalue weighted by atomic mass is 10.1. The molecule has 0 saturated heterocycles. The number of para-hydroxylation sites is 1. The lowest BCUT2D eigenvalue weighted by Gasteiger charge is -2.12. The Kier molecular flexibility index (Phi) is 5.22. The van der Waals surface area contributed by atoms with Crippen LogP contribution in [0.15, 0.2) is 36.4 Å². The number of anilines is 1. The molecule has 0 atom stereocenters. The predicted octanol–water partition coefficient (Wildman–Crippen LogP) is 3.64. The number of carbonyl (C=O) groups is 1. The van der Waals surface area contributed by atoms with E-state index in [9.17, 15) is 13.6 Å². The molecule has 3 nitrogen and oxygen atoms in total. The van der Waals surface area contributed by atoms with Gasteiger partial charge in [0.25, 0.3) is 5.91 Å². The van der Waals surface area contributed by atoms with Gasteiger partial charge in [-0.3, -0.25) is 4.79 Å². The van der Waals surface area contributed by atoms with Gasteiger partial charge in [0.15, 0.2) is 0 Å². The molecule has 2 rings (SSSR count). The summed E-state index contributed by atoms with van der Waals surface area (Å²) < 4.78 is 27.4. The van der Waals surface area contributed by atoms with E-state index in [2.05, 4.69) is 10.6 Å². The number of hydrogen-bond donors (Lipinski definition) is 2. The maximum Gasteiger partial charge on any atom is 0.258 e. The van der Waals surface area contributed by atoms with Crippen molar-refractivity contribution in [2.24, 2.45) is 0 Å². The first-order chi connectivity index (χ1) is 10.5. The van der Waals surface area contributed by atoms with Gasteiger partial charge in [0, 0.05) is 12.2 Å². The molecular formula is C17H18F2N2O. The third-order valence-electron chi connectivity index (χ3n) is 3.32. The molecule has 0 radical (unpaired) electrons. The van der Waals surface area contributed by atoms with Crippen LogP contribution in [0.5, 0.6) is 0 Å². The van der Waals surface area contributed by atoms with Crippen LogP contribution in [0.25, 0.3) is 0 Å². The molecule has 0 spiro atoms. The molecule has 0 fully saturated rings. The highest BCUT2D eigenvalue weighted by Gasteiger charge is 2.16. The number of rotatable bonds is 5. The molecule has 2 N–H and O–H groups in total. The summed E-state index contributed by atoms with van der Waals surface area (Å²) in [5, 5.41) is 5.80. The summed E-state index contributed by atoms with van der Waals surface area (Å²) in [7, 11) is 0. The van der Waals surface area contributed by atoms with Crippen molar-refractivity contribution in [1.29, 1.82) is 0 Å². The molecule has 116 valence electrons. The minimum Gasteiger partial charge on any atom is -0.322 e. The second-order valence-corrected chi connectivity index (χ2v) is 4.97. The summed E-state index contributed by atoms with van der Waals surface area (Å²) >= 11 is 0. The molecule has 0 aliphatic rings. The van der Waals surface area contributed by atoms with Crippen molar-refractivity contribution in [2.75, 3.05) is 11.9 Å². The number of benzene rings is 2. The van der Waals surface area contributed by atoms with Gasteiger partial charge in [-0.05, 0) is 42.8 Å². The maximum absolute atomic E-state index is 13.8. The lowest BCUT2D eigenvalue weighted by Crippen LogP contribution is -2.18. The summed E-state index contributed by atoms with van der Waals surface area (Å²) in [5.41, 5.74) is 1.32. The van der Waals surface area contributed by atoms with Crippen molar-refractivity contribution < 1.29 is 13.6 Å². The summed E-state index contributed by atoms with van der Waals surface area (Å²) in [5.74, 6) is -2.01. The Labute approximate surface area is 128 Å². The second kappa shape index (κ2) is 7.13. The van der Waals surface area contributed by atoms with Crippen molar-refractivity contribution in [2.45, 2.75) is 20.4 Å². The van der Waals surface area contributed by atoms with Gasteiger partial charge in [0.05, 0.1) is 5.56 Å². The van der Waals surface area contributed by atoms with Crippen molar-refractivity contribution in [3.05, 3.63) is 64.7 Å². The van der Waals surface area contributed by atoms with Crippen molar-refractivity contribution in [3.8, 4) is 0 Å². The number of halogens is 2. The van der Waals surface area contributed by atoms with E-state index in [0.29, 0.717) is 12.2 Å². The molecule has 5 heteroatoms. The zero-order chi connectivity index (χ0) is 16.1. The summed E-state index contributed by atoms with van der Waals surface area (Å²) in [6.45, 7) is 4.80. The topological polar surface area (TPSA) is 41.1 Å². The van der Waals surface area contributed by atoms with Crippen LogP contribution < -0.4 is 10.6 Å². The smallest absolute Gasteiger partial charge is 0.258 e. The van der Waals surface area contributed by atoms with Crippen molar-refractivity contribution in [1.82, 2.24) is 5.32 Å². The highest BCUT2D eigenvalue weighted by molar-refractivity contribution is 6.04. The van der Waals surface area contributed by atoms with Gasteiger partial charge in [-0.25, -0.2) is 8.78 Å². The quantitative estimate of drug-likeness (QED) is 0.885. The molecule has 0 aliphatic carbocycles. The Morgan fingerprint density at radius 1 is 1.14 bits per heavy atom. The monoisotopic (exact) mass is 304 g/mol. The third-order valence-corrected chi connectivity index (χ3v) is 3.32. The standard InChI is InChI=1S/C17H18F2N2O/c1-3-20-10-12-6-4-5-7-16(12)21-17(22)13-9-14(18)11(2)8-15(13)19/h4-9,20H,3,10H2,1-2H3,(H,21,22). The first-order valence-electron chi connectivity index (χ1n) is 7.08. The van der Waals surface area contributed by atoms with E-state index in [0.717, 1.165) is 24.2 Å². The molecule has 0 saturated carbocycles. The molecule has 0 bridgehead atoms. The molecule has 1 amide bonds. The highest BCUT2D eigenvalue weighted by Crippen LogP contribution is 2.19. The fourth-order valence-electron chi connectivity index (χ4n) is 2.07. The number of amides is 1. The number of nitrogens with one attached hydrogen (secondary N) is 2. The van der Waals surface area contributed by atoms with Crippen molar-refractivity contribution in [3.63, 3.8) is 0 Å². The van der Waals surface area contributed by atoms with E-state index < -0.39 is 17.5 Å². The van der Waals surface area contributed by atoms with E-state index in [1.807, 2.05) is 19.1 Å². The fraction of sp³-hybridized carbons (Fsp3) is 0.235. The molecule has 2 aromatic carbocycles. The highest BCUT2D eigenvalue weighted by atomic mass is 19.1. The SMILES string of the molecule is CCNCc1ccccc1NC(=O)c1cc(F)c(C)cc1F. The molecule has 0 aromatic heterocycles. The van der Waals surface area contributed by atoms with Gasteiger partial charge in [-0.2, -0.15) is 0 Å². The van der Waals surface area contributed by atoms with E-state index in [1.54, 1.807) is 12.1 Å². The Bertz CT molecular complexity index is 686. The van der Waals surface area contributed by atoms with E-state index in [-0.39, 0.29) is 11.1 Å². The van der Waals surface area contributed by atoms with Crippen LogP contribution in [-0.4, -0.2) is 12.5 Å². The van der Waals surface area contributed by atoms with E-state index >= 15 is 0 Å². The predicted molar refractivity (Wildman–Crippen MR) is 82.9 cm³/mol. The number of hydrogen-bond acceptors (Lipinski definition) is 2. The van der Waals surface area contributed by atoms with Gasteiger partial charge >= 0.3 is 0 Å². The Hall–Kier alpha value is -2.27. The summed E-state index contributed by atoms with van der Waals surface area (Å²) in [6.07, 6.45) is 0. The van der Waals surface area contributed by atoms with Crippen LogP contribution in [0.3, 0.4) is 0 Å². The Morgan fingerprint density at radius 2 is 1.86 bits per heavy atom. The van der Waals surface area contributed by atoms with Gasteiger partial charge in [0.1, 0.15) is 11.6 Å². The molecule has 2 aromatic rings. The molecule has 0 unspecified atom stereocenters. The van der Waals surface area contributed by atoms with Gasteiger partial charge in [-0.1, -0.05) is 25.1 Å². The number of aryl methyl sites for hydroxylation is 1. The fourth-order valence-corrected chi connectivity index (χ4v) is 2.07. The minimum absolute atomic E-state index is 0.168. The van der Waals surface area contributed by atoms with Crippen LogP contribution >= 0.6 is 0 Å². The lowest BCUT2D eigenvalue weighted by molar-refractivity contribution is 0.102. The van der Waals surface area contributed by atoms with E-state index in [4.69, 9.17) is 0 Å². The van der Waals surface area contributed by atoms with Gasteiger partial charge in [0.2, 0.25) is 0 Å².